The zero-order valence-electron chi connectivity index (χ0n) is 12.9. The van der Waals surface area contributed by atoms with Crippen molar-refractivity contribution in [3.8, 4) is 5.75 Å². The third-order valence-corrected chi connectivity index (χ3v) is 3.74. The summed E-state index contributed by atoms with van der Waals surface area (Å²) in [7, 11) is 0. The molecular formula is C16H25N3O2. The third-order valence-electron chi connectivity index (χ3n) is 3.74. The lowest BCUT2D eigenvalue weighted by Crippen LogP contribution is -2.41. The smallest absolute Gasteiger partial charge is 0.260 e. The highest BCUT2D eigenvalue weighted by Crippen LogP contribution is 2.18. The Morgan fingerprint density at radius 2 is 2.19 bits per heavy atom. The molecule has 2 rings (SSSR count). The van der Waals surface area contributed by atoms with Crippen molar-refractivity contribution in [1.82, 2.24) is 15.6 Å². The molecule has 1 fully saturated rings. The molecule has 2 N–H and O–H groups in total. The number of ether oxygens (including phenoxy) is 1. The second-order valence-electron chi connectivity index (χ2n) is 5.52. The van der Waals surface area contributed by atoms with Gasteiger partial charge in [0, 0.05) is 12.6 Å². The normalized spacial score (nSPS) is 16.7. The lowest BCUT2D eigenvalue weighted by molar-refractivity contribution is -0.127. The first-order valence-corrected chi connectivity index (χ1v) is 7.81. The molecule has 1 aromatic rings. The first-order valence-electron chi connectivity index (χ1n) is 7.81. The Hall–Kier alpha value is -1.62. The van der Waals surface area contributed by atoms with Gasteiger partial charge in [-0.05, 0) is 38.4 Å². The van der Waals surface area contributed by atoms with Gasteiger partial charge in [0.05, 0.1) is 11.9 Å². The number of hydrogen-bond donors (Lipinski definition) is 2. The molecule has 21 heavy (non-hydrogen) atoms. The van der Waals surface area contributed by atoms with Crippen molar-refractivity contribution in [2.75, 3.05) is 6.54 Å². The van der Waals surface area contributed by atoms with Crippen LogP contribution in [0.1, 0.15) is 45.2 Å². The molecular weight excluding hydrogens is 266 g/mol. The van der Waals surface area contributed by atoms with Crippen LogP contribution < -0.4 is 15.4 Å². The van der Waals surface area contributed by atoms with E-state index in [1.54, 1.807) is 13.1 Å². The Morgan fingerprint density at radius 1 is 1.43 bits per heavy atom. The summed E-state index contributed by atoms with van der Waals surface area (Å²) in [6, 6.07) is 4.10. The maximum atomic E-state index is 12.0. The monoisotopic (exact) mass is 291 g/mol. The number of pyridine rings is 1. The summed E-state index contributed by atoms with van der Waals surface area (Å²) in [6.45, 7) is 5.49. The van der Waals surface area contributed by atoms with E-state index in [9.17, 15) is 4.79 Å². The third kappa shape index (κ3) is 5.01. The Labute approximate surface area is 126 Å². The van der Waals surface area contributed by atoms with E-state index >= 15 is 0 Å². The minimum Gasteiger partial charge on any atom is -0.479 e. The van der Waals surface area contributed by atoms with Crippen molar-refractivity contribution in [3.63, 3.8) is 0 Å². The van der Waals surface area contributed by atoms with Gasteiger partial charge in [-0.1, -0.05) is 19.8 Å². The summed E-state index contributed by atoms with van der Waals surface area (Å²) in [4.78, 5) is 16.4. The molecule has 0 bridgehead atoms. The number of nitrogens with one attached hydrogen (secondary N) is 2. The van der Waals surface area contributed by atoms with Crippen LogP contribution in [0.2, 0.25) is 0 Å². The van der Waals surface area contributed by atoms with E-state index < -0.39 is 6.10 Å². The Bertz CT molecular complexity index is 441. The number of carbonyl (C=O) groups is 1. The lowest BCUT2D eigenvalue weighted by Gasteiger charge is -2.18. The van der Waals surface area contributed by atoms with Gasteiger partial charge >= 0.3 is 0 Å². The van der Waals surface area contributed by atoms with Crippen LogP contribution in [-0.4, -0.2) is 29.6 Å². The van der Waals surface area contributed by atoms with Crippen molar-refractivity contribution >= 4 is 5.91 Å². The molecule has 0 saturated heterocycles. The van der Waals surface area contributed by atoms with E-state index in [1.165, 1.54) is 12.8 Å². The second kappa shape index (κ2) is 7.98. The van der Waals surface area contributed by atoms with Crippen LogP contribution in [-0.2, 0) is 11.3 Å². The molecule has 1 aliphatic rings. The highest BCUT2D eigenvalue weighted by molar-refractivity contribution is 5.81. The van der Waals surface area contributed by atoms with Gasteiger partial charge in [0.1, 0.15) is 5.75 Å². The number of aromatic nitrogens is 1. The number of carbonyl (C=O) groups excluding carboxylic acids is 1. The van der Waals surface area contributed by atoms with Crippen LogP contribution in [0.25, 0.3) is 0 Å². The van der Waals surface area contributed by atoms with Crippen LogP contribution in [0.5, 0.6) is 5.75 Å². The van der Waals surface area contributed by atoms with Crippen LogP contribution in [0.3, 0.4) is 0 Å². The molecule has 116 valence electrons. The zero-order chi connectivity index (χ0) is 15.1. The maximum Gasteiger partial charge on any atom is 0.260 e. The summed E-state index contributed by atoms with van der Waals surface area (Å²) >= 11 is 0. The van der Waals surface area contributed by atoms with Crippen molar-refractivity contribution in [3.05, 3.63) is 24.0 Å². The molecule has 0 radical (unpaired) electrons. The first-order chi connectivity index (χ1) is 10.2. The average molecular weight is 291 g/mol. The quantitative estimate of drug-likeness (QED) is 0.807. The van der Waals surface area contributed by atoms with Gasteiger partial charge in [0.25, 0.3) is 5.91 Å². The Kier molecular flexibility index (Phi) is 5.99. The number of rotatable bonds is 7. The molecule has 1 amide bonds. The maximum absolute atomic E-state index is 12.0. The van der Waals surface area contributed by atoms with E-state index in [2.05, 4.69) is 22.5 Å². The van der Waals surface area contributed by atoms with Gasteiger partial charge in [0.15, 0.2) is 6.10 Å². The second-order valence-corrected chi connectivity index (χ2v) is 5.52. The molecule has 0 aliphatic heterocycles. The van der Waals surface area contributed by atoms with Crippen molar-refractivity contribution in [2.45, 2.75) is 58.2 Å². The van der Waals surface area contributed by atoms with Gasteiger partial charge in [-0.2, -0.15) is 0 Å². The minimum absolute atomic E-state index is 0.0429. The van der Waals surface area contributed by atoms with Gasteiger partial charge in [-0.3, -0.25) is 9.78 Å². The summed E-state index contributed by atoms with van der Waals surface area (Å²) in [5, 5.41) is 6.26. The number of hydrogen-bond acceptors (Lipinski definition) is 4. The molecule has 1 aromatic heterocycles. The molecule has 1 aliphatic carbocycles. The van der Waals surface area contributed by atoms with Gasteiger partial charge in [0.2, 0.25) is 0 Å². The summed E-state index contributed by atoms with van der Waals surface area (Å²) in [6.07, 6.45) is 5.76. The fraction of sp³-hybridized carbons (Fsp3) is 0.625. The van der Waals surface area contributed by atoms with Crippen LogP contribution in [0.15, 0.2) is 18.3 Å². The summed E-state index contributed by atoms with van der Waals surface area (Å²) in [5.74, 6) is 0.586. The molecule has 1 heterocycles. The van der Waals surface area contributed by atoms with E-state index in [1.807, 2.05) is 12.1 Å². The van der Waals surface area contributed by atoms with Gasteiger partial charge in [-0.25, -0.2) is 0 Å². The predicted octanol–water partition coefficient (Wildman–Crippen LogP) is 2.02. The molecule has 1 atom stereocenters. The predicted molar refractivity (Wildman–Crippen MR) is 82.1 cm³/mol. The molecule has 1 saturated carbocycles. The highest BCUT2D eigenvalue weighted by atomic mass is 16.5. The Morgan fingerprint density at radius 3 is 2.81 bits per heavy atom. The number of amides is 1. The average Bonchev–Trinajstić information content (AvgIpc) is 2.99. The largest absolute Gasteiger partial charge is 0.479 e. The molecule has 5 heteroatoms. The zero-order valence-corrected chi connectivity index (χ0v) is 12.9. The fourth-order valence-corrected chi connectivity index (χ4v) is 2.48. The van der Waals surface area contributed by atoms with Crippen molar-refractivity contribution in [2.24, 2.45) is 0 Å². The topological polar surface area (TPSA) is 63.2 Å². The van der Waals surface area contributed by atoms with E-state index in [0.717, 1.165) is 31.6 Å². The highest BCUT2D eigenvalue weighted by Gasteiger charge is 2.21. The molecule has 1 unspecified atom stereocenters. The standard InChI is InChI=1S/C16H25N3O2/c1-3-17-10-14-8-9-15(11-18-14)21-12(2)16(20)19-13-6-4-5-7-13/h8-9,11-13,17H,3-7,10H2,1-2H3,(H,19,20). The van der Waals surface area contributed by atoms with Crippen LogP contribution in [0, 0.1) is 0 Å². The SMILES string of the molecule is CCNCc1ccc(OC(C)C(=O)NC2CCCC2)cn1. The van der Waals surface area contributed by atoms with E-state index in [0.29, 0.717) is 11.8 Å². The molecule has 0 spiro atoms. The summed E-state index contributed by atoms with van der Waals surface area (Å²) < 4.78 is 5.65. The number of nitrogens with zero attached hydrogens (tertiary/aromatic N) is 1. The van der Waals surface area contributed by atoms with Crippen molar-refractivity contribution in [1.29, 1.82) is 0 Å². The van der Waals surface area contributed by atoms with Gasteiger partial charge in [-0.15, -0.1) is 0 Å². The van der Waals surface area contributed by atoms with Gasteiger partial charge < -0.3 is 15.4 Å². The van der Waals surface area contributed by atoms with E-state index in [4.69, 9.17) is 4.74 Å². The van der Waals surface area contributed by atoms with E-state index in [-0.39, 0.29) is 5.91 Å². The fourth-order valence-electron chi connectivity index (χ4n) is 2.48. The first kappa shape index (κ1) is 15.8. The molecule has 5 nitrogen and oxygen atoms in total. The van der Waals surface area contributed by atoms with Crippen LogP contribution in [0.4, 0.5) is 0 Å². The minimum atomic E-state index is -0.494. The van der Waals surface area contributed by atoms with Crippen LogP contribution >= 0.6 is 0 Å². The van der Waals surface area contributed by atoms with Crippen molar-refractivity contribution < 1.29 is 9.53 Å². The Balaban J connectivity index is 1.80. The molecule has 0 aromatic carbocycles. The summed E-state index contributed by atoms with van der Waals surface area (Å²) in [5.41, 5.74) is 0.965. The lowest BCUT2D eigenvalue weighted by atomic mass is 10.2.